The molecule has 0 atom stereocenters. The fraction of sp³-hybridized carbons (Fsp3) is 0.618. The Morgan fingerprint density at radius 2 is 1.64 bits per heavy atom. The van der Waals surface area contributed by atoms with Crippen LogP contribution in [0.5, 0.6) is 0 Å². The van der Waals surface area contributed by atoms with E-state index in [0.717, 1.165) is 39.8 Å². The SMILES string of the molecule is CCCC.CCCC1CCCCC1.CSc1sc(C(C)=O)c(Cl)c1S(=O)(=O)C(C)C.Cc1nc(N(C)C)c2ccccc2n1. The Kier molecular flexibility index (Phi) is 18.7. The first-order valence-corrected chi connectivity index (χ1v) is 19.7. The number of rotatable bonds is 8. The Bertz CT molecular complexity index is 1390. The molecule has 1 aromatic carbocycles. The van der Waals surface area contributed by atoms with Crippen molar-refractivity contribution in [2.75, 3.05) is 25.3 Å². The second-order valence-electron chi connectivity index (χ2n) is 11.5. The van der Waals surface area contributed by atoms with Gasteiger partial charge in [-0.1, -0.05) is 102 Å². The molecule has 0 radical (unpaired) electrons. The van der Waals surface area contributed by atoms with E-state index in [-0.39, 0.29) is 15.7 Å². The van der Waals surface area contributed by atoms with Crippen LogP contribution in [0.4, 0.5) is 5.82 Å². The van der Waals surface area contributed by atoms with Crippen molar-refractivity contribution in [3.05, 3.63) is 40.0 Å². The van der Waals surface area contributed by atoms with Crippen molar-refractivity contribution < 1.29 is 13.2 Å². The van der Waals surface area contributed by atoms with Crippen LogP contribution >= 0.6 is 34.7 Å². The minimum Gasteiger partial charge on any atom is -0.362 e. The summed E-state index contributed by atoms with van der Waals surface area (Å²) >= 11 is 8.46. The standard InChI is InChI=1S/C11H13N3.C10H13ClO3S3.C9H18.C4H10/c1-8-12-10-7-5-4-6-9(10)11(13-8)14(2)3;1-5(2)17(13,14)9-7(11)8(6(3)12)16-10(9)15-4;1-2-6-9-7-4-3-5-8-9;1-3-4-2/h4-7H,1-3H3;5H,1-4H3;9H,2-8H2,1H3;3-4H2,1-2H3. The summed E-state index contributed by atoms with van der Waals surface area (Å²) in [6.45, 7) is 13.2. The van der Waals surface area contributed by atoms with Crippen LogP contribution in [-0.4, -0.2) is 49.8 Å². The second-order valence-corrected chi connectivity index (χ2v) is 16.4. The Labute approximate surface area is 280 Å². The van der Waals surface area contributed by atoms with Gasteiger partial charge in [-0.2, -0.15) is 0 Å². The maximum Gasteiger partial charge on any atom is 0.184 e. The van der Waals surface area contributed by atoms with Gasteiger partial charge in [0.1, 0.15) is 16.5 Å². The van der Waals surface area contributed by atoms with E-state index in [1.54, 1.807) is 20.1 Å². The summed E-state index contributed by atoms with van der Waals surface area (Å²) in [5, 5.41) is 0.615. The average Bonchev–Trinajstić information content (AvgIpc) is 3.35. The zero-order chi connectivity index (χ0) is 33.4. The highest BCUT2D eigenvalue weighted by Gasteiger charge is 2.31. The summed E-state index contributed by atoms with van der Waals surface area (Å²) < 4.78 is 24.9. The monoisotopic (exact) mass is 683 g/mol. The van der Waals surface area contributed by atoms with E-state index in [1.165, 1.54) is 76.5 Å². The number of Topliss-reactive ketones (excluding diaryl/α,β-unsaturated/α-hetero) is 1. The molecule has 0 saturated heterocycles. The molecule has 2 aromatic heterocycles. The molecule has 6 nitrogen and oxygen atoms in total. The molecule has 44 heavy (non-hydrogen) atoms. The van der Waals surface area contributed by atoms with E-state index in [4.69, 9.17) is 11.6 Å². The number of unbranched alkanes of at least 4 members (excludes halogenated alkanes) is 1. The zero-order valence-corrected chi connectivity index (χ0v) is 31.7. The van der Waals surface area contributed by atoms with Crippen LogP contribution in [-0.2, 0) is 9.84 Å². The molecule has 0 amide bonds. The lowest BCUT2D eigenvalue weighted by molar-refractivity contribution is 0.102. The number of sulfone groups is 1. The fourth-order valence-electron chi connectivity index (χ4n) is 4.61. The number of carbonyl (C=O) groups excluding carboxylic acids is 1. The molecule has 2 heterocycles. The van der Waals surface area contributed by atoms with Gasteiger partial charge in [-0.05, 0) is 45.1 Å². The van der Waals surface area contributed by atoms with Gasteiger partial charge in [0, 0.05) is 26.4 Å². The normalized spacial score (nSPS) is 13.3. The van der Waals surface area contributed by atoms with Crippen LogP contribution in [0.1, 0.15) is 115 Å². The Balaban J connectivity index is 0.000000322. The van der Waals surface area contributed by atoms with E-state index < -0.39 is 15.1 Å². The van der Waals surface area contributed by atoms with E-state index in [9.17, 15) is 13.2 Å². The second kappa shape index (κ2) is 20.4. The topological polar surface area (TPSA) is 80.2 Å². The maximum absolute atomic E-state index is 12.2. The highest BCUT2D eigenvalue weighted by Crippen LogP contribution is 2.43. The molecular formula is C34H54ClN3O3S3. The number of thioether (sulfide) groups is 1. The molecule has 1 aliphatic carbocycles. The van der Waals surface area contributed by atoms with Crippen LogP contribution in [0, 0.1) is 12.8 Å². The minimum absolute atomic E-state index is 0.0700. The third-order valence-corrected chi connectivity index (χ3v) is 12.7. The highest BCUT2D eigenvalue weighted by atomic mass is 35.5. The van der Waals surface area contributed by atoms with Gasteiger partial charge in [0.05, 0.1) is 24.9 Å². The number of benzene rings is 1. The Morgan fingerprint density at radius 3 is 2.11 bits per heavy atom. The van der Waals surface area contributed by atoms with Gasteiger partial charge in [0.15, 0.2) is 15.6 Å². The number of aryl methyl sites for hydroxylation is 1. The highest BCUT2D eigenvalue weighted by molar-refractivity contribution is 8.01. The van der Waals surface area contributed by atoms with Crippen LogP contribution in [0.25, 0.3) is 10.9 Å². The van der Waals surface area contributed by atoms with Gasteiger partial charge in [-0.25, -0.2) is 18.4 Å². The fourth-order valence-corrected chi connectivity index (χ4v) is 9.17. The number of aromatic nitrogens is 2. The smallest absolute Gasteiger partial charge is 0.184 e. The summed E-state index contributed by atoms with van der Waals surface area (Å²) in [6.07, 6.45) is 14.8. The largest absolute Gasteiger partial charge is 0.362 e. The maximum atomic E-state index is 12.2. The number of halogens is 1. The van der Waals surface area contributed by atoms with E-state index in [1.807, 2.05) is 50.2 Å². The van der Waals surface area contributed by atoms with Gasteiger partial charge in [-0.3, -0.25) is 4.79 Å². The van der Waals surface area contributed by atoms with Gasteiger partial charge in [0.25, 0.3) is 0 Å². The lowest BCUT2D eigenvalue weighted by atomic mass is 9.86. The molecule has 1 saturated carbocycles. The summed E-state index contributed by atoms with van der Waals surface area (Å²) in [5.41, 5.74) is 1.00. The molecule has 10 heteroatoms. The van der Waals surface area contributed by atoms with Crippen molar-refractivity contribution in [1.82, 2.24) is 9.97 Å². The van der Waals surface area contributed by atoms with Gasteiger partial charge in [0.2, 0.25) is 0 Å². The first-order valence-electron chi connectivity index (χ1n) is 15.8. The van der Waals surface area contributed by atoms with E-state index in [0.29, 0.717) is 9.09 Å². The Hall–Kier alpha value is -1.68. The minimum atomic E-state index is -3.46. The molecule has 3 aromatic rings. The van der Waals surface area contributed by atoms with Crippen LogP contribution in [0.2, 0.25) is 5.02 Å². The Morgan fingerprint density at radius 1 is 1.05 bits per heavy atom. The van der Waals surface area contributed by atoms with Crippen molar-refractivity contribution in [2.24, 2.45) is 5.92 Å². The van der Waals surface area contributed by atoms with E-state index >= 15 is 0 Å². The third kappa shape index (κ3) is 12.3. The summed E-state index contributed by atoms with van der Waals surface area (Å²) in [6, 6.07) is 8.06. The van der Waals surface area contributed by atoms with Crippen molar-refractivity contribution in [3.8, 4) is 0 Å². The van der Waals surface area contributed by atoms with Crippen LogP contribution < -0.4 is 4.90 Å². The summed E-state index contributed by atoms with van der Waals surface area (Å²) in [5.74, 6) is 2.68. The van der Waals surface area contributed by atoms with Crippen molar-refractivity contribution in [1.29, 1.82) is 0 Å². The number of hydrogen-bond acceptors (Lipinski definition) is 8. The molecule has 0 aliphatic heterocycles. The number of carbonyl (C=O) groups is 1. The zero-order valence-electron chi connectivity index (χ0n) is 28.5. The van der Waals surface area contributed by atoms with Crippen molar-refractivity contribution >= 4 is 67.0 Å². The molecule has 4 rings (SSSR count). The number of thiophene rings is 1. The molecule has 248 valence electrons. The number of ketones is 1. The predicted octanol–water partition coefficient (Wildman–Crippen LogP) is 10.7. The van der Waals surface area contributed by atoms with Crippen LogP contribution in [0.15, 0.2) is 33.4 Å². The number of nitrogens with zero attached hydrogens (tertiary/aromatic N) is 3. The summed E-state index contributed by atoms with van der Waals surface area (Å²) in [7, 11) is 0.531. The molecule has 1 fully saturated rings. The molecular weight excluding hydrogens is 630 g/mol. The van der Waals surface area contributed by atoms with Gasteiger partial charge in [-0.15, -0.1) is 23.1 Å². The molecule has 0 bridgehead atoms. The summed E-state index contributed by atoms with van der Waals surface area (Å²) in [4.78, 5) is 22.6. The third-order valence-electron chi connectivity index (χ3n) is 7.23. The number of fused-ring (bicyclic) bond motifs is 1. The van der Waals surface area contributed by atoms with Gasteiger partial charge < -0.3 is 4.90 Å². The van der Waals surface area contributed by atoms with Gasteiger partial charge >= 0.3 is 0 Å². The van der Waals surface area contributed by atoms with Crippen LogP contribution in [0.3, 0.4) is 0 Å². The lowest BCUT2D eigenvalue weighted by Crippen LogP contribution is -2.14. The van der Waals surface area contributed by atoms with E-state index in [2.05, 4.69) is 30.7 Å². The molecule has 0 spiro atoms. The quantitative estimate of drug-likeness (QED) is 0.173. The number of hydrogen-bond donors (Lipinski definition) is 0. The molecule has 1 aliphatic rings. The molecule has 0 N–H and O–H groups in total. The first-order chi connectivity index (χ1) is 20.8. The van der Waals surface area contributed by atoms with Crippen molar-refractivity contribution in [2.45, 2.75) is 121 Å². The average molecular weight is 684 g/mol. The predicted molar refractivity (Wildman–Crippen MR) is 194 cm³/mol. The lowest BCUT2D eigenvalue weighted by Gasteiger charge is -2.20. The first kappa shape index (κ1) is 40.3. The number of para-hydroxylation sites is 1. The van der Waals surface area contributed by atoms with Crippen molar-refractivity contribution in [3.63, 3.8) is 0 Å². The number of anilines is 1. The molecule has 0 unspecified atom stereocenters.